The number of Topliss-reactive ketones (excluding diaryl/α,β-unsaturated/α-hetero) is 1. The van der Waals surface area contributed by atoms with Gasteiger partial charge in [-0.2, -0.15) is 15.0 Å². The van der Waals surface area contributed by atoms with E-state index in [0.29, 0.717) is 29.3 Å². The lowest BCUT2D eigenvalue weighted by molar-refractivity contribution is -0.119. The molecule has 4 heterocycles. The molecule has 0 amide bonds. The van der Waals surface area contributed by atoms with Gasteiger partial charge in [-0.25, -0.2) is 9.97 Å². The van der Waals surface area contributed by atoms with Crippen LogP contribution in [0.5, 0.6) is 0 Å². The Morgan fingerprint density at radius 1 is 1.05 bits per heavy atom. The molecule has 1 saturated carbocycles. The molecular formula is C25H26N8OS3. The molecule has 1 saturated heterocycles. The summed E-state index contributed by atoms with van der Waals surface area (Å²) in [6.07, 6.45) is 6.28. The van der Waals surface area contributed by atoms with E-state index in [9.17, 15) is 4.79 Å². The molecule has 12 heteroatoms. The molecule has 1 aromatic carbocycles. The fraction of sp³-hybridized carbons (Fsp3) is 0.360. The lowest BCUT2D eigenvalue weighted by Crippen LogP contribution is -2.47. The van der Waals surface area contributed by atoms with Gasteiger partial charge in [0.25, 0.3) is 0 Å². The Bertz CT molecular complexity index is 1360. The molecule has 3 aromatic heterocycles. The van der Waals surface area contributed by atoms with Crippen molar-refractivity contribution in [3.05, 3.63) is 52.5 Å². The number of nitrogens with zero attached hydrogens (tertiary/aromatic N) is 7. The van der Waals surface area contributed by atoms with E-state index in [1.165, 1.54) is 11.8 Å². The standard InChI is InChI=1S/C25H26N8OS3/c1-16-15-27-23(36-16)29-21-28-22(32-9-11-33(12-10-32)25-26-8-13-35-25)31-24(30-21)37-19-6-2-17(3-7-19)14-20(34)18-4-5-18/h2-3,6-8,13,15,18H,4-5,9-12,14H2,1H3,(H,27,28,29,30,31). The van der Waals surface area contributed by atoms with Crippen molar-refractivity contribution < 1.29 is 4.79 Å². The number of piperazine rings is 1. The lowest BCUT2D eigenvalue weighted by atomic mass is 10.1. The van der Waals surface area contributed by atoms with E-state index in [0.717, 1.165) is 64.6 Å². The summed E-state index contributed by atoms with van der Waals surface area (Å²) in [6, 6.07) is 8.13. The maximum absolute atomic E-state index is 12.2. The minimum absolute atomic E-state index is 0.286. The highest BCUT2D eigenvalue weighted by Gasteiger charge is 2.29. The second-order valence-electron chi connectivity index (χ2n) is 9.09. The van der Waals surface area contributed by atoms with Crippen molar-refractivity contribution in [2.45, 2.75) is 36.2 Å². The predicted molar refractivity (Wildman–Crippen MR) is 149 cm³/mol. The van der Waals surface area contributed by atoms with Crippen molar-refractivity contribution in [2.24, 2.45) is 5.92 Å². The Balaban J connectivity index is 1.20. The fourth-order valence-corrected chi connectivity index (χ4v) is 6.20. The highest BCUT2D eigenvalue weighted by atomic mass is 32.2. The number of ketones is 1. The third-order valence-electron chi connectivity index (χ3n) is 6.24. The number of carbonyl (C=O) groups is 1. The van der Waals surface area contributed by atoms with Gasteiger partial charge in [-0.05, 0) is 49.2 Å². The highest BCUT2D eigenvalue weighted by Crippen LogP contribution is 2.32. The molecule has 37 heavy (non-hydrogen) atoms. The molecule has 1 aliphatic carbocycles. The average molecular weight is 551 g/mol. The Labute approximate surface area is 227 Å². The van der Waals surface area contributed by atoms with Crippen molar-refractivity contribution >= 4 is 62.4 Å². The molecule has 6 rings (SSSR count). The Kier molecular flexibility index (Phi) is 7.03. The topological polar surface area (TPSA) is 100 Å². The number of nitrogens with one attached hydrogen (secondary N) is 1. The molecule has 2 fully saturated rings. The molecule has 0 bridgehead atoms. The van der Waals surface area contributed by atoms with Gasteiger partial charge < -0.3 is 9.80 Å². The average Bonchev–Trinajstić information content (AvgIpc) is 3.47. The van der Waals surface area contributed by atoms with Crippen molar-refractivity contribution in [3.8, 4) is 0 Å². The minimum atomic E-state index is 0.286. The lowest BCUT2D eigenvalue weighted by Gasteiger charge is -2.34. The zero-order valence-electron chi connectivity index (χ0n) is 20.3. The summed E-state index contributed by atoms with van der Waals surface area (Å²) in [6.45, 7) is 5.33. The Hall–Kier alpha value is -3.09. The van der Waals surface area contributed by atoms with Gasteiger partial charge in [0.1, 0.15) is 5.78 Å². The maximum atomic E-state index is 12.2. The van der Waals surface area contributed by atoms with Crippen LogP contribution in [0.2, 0.25) is 0 Å². The number of benzene rings is 1. The molecule has 4 aromatic rings. The van der Waals surface area contributed by atoms with Crippen LogP contribution < -0.4 is 15.1 Å². The third kappa shape index (κ3) is 6.08. The molecule has 1 aliphatic heterocycles. The SMILES string of the molecule is Cc1cnc(Nc2nc(Sc3ccc(CC(=O)C4CC4)cc3)nc(N3CCN(c4nccs4)CC3)n2)s1. The molecule has 0 atom stereocenters. The summed E-state index contributed by atoms with van der Waals surface area (Å²) in [5.74, 6) is 1.77. The third-order valence-corrected chi connectivity index (χ3v) is 8.77. The molecule has 0 radical (unpaired) electrons. The van der Waals surface area contributed by atoms with Gasteiger partial charge in [-0.1, -0.05) is 12.1 Å². The van der Waals surface area contributed by atoms with Crippen LogP contribution in [-0.4, -0.2) is 56.9 Å². The monoisotopic (exact) mass is 550 g/mol. The van der Waals surface area contributed by atoms with Crippen LogP contribution in [-0.2, 0) is 11.2 Å². The van der Waals surface area contributed by atoms with Gasteiger partial charge in [0.15, 0.2) is 15.4 Å². The first kappa shape index (κ1) is 24.3. The van der Waals surface area contributed by atoms with Crippen LogP contribution >= 0.6 is 34.4 Å². The zero-order chi connectivity index (χ0) is 25.2. The Morgan fingerprint density at radius 2 is 1.84 bits per heavy atom. The largest absolute Gasteiger partial charge is 0.345 e. The van der Waals surface area contributed by atoms with Crippen molar-refractivity contribution in [1.29, 1.82) is 0 Å². The quantitative estimate of drug-likeness (QED) is 0.312. The Morgan fingerprint density at radius 3 is 2.51 bits per heavy atom. The highest BCUT2D eigenvalue weighted by molar-refractivity contribution is 7.99. The van der Waals surface area contributed by atoms with Gasteiger partial charge in [-0.3, -0.25) is 10.1 Å². The smallest absolute Gasteiger partial charge is 0.234 e. The van der Waals surface area contributed by atoms with Crippen molar-refractivity contribution in [2.75, 3.05) is 41.3 Å². The summed E-state index contributed by atoms with van der Waals surface area (Å²) >= 11 is 4.71. The maximum Gasteiger partial charge on any atom is 0.234 e. The number of anilines is 4. The van der Waals surface area contributed by atoms with Crippen molar-refractivity contribution in [3.63, 3.8) is 0 Å². The first-order chi connectivity index (χ1) is 18.1. The first-order valence-corrected chi connectivity index (χ1v) is 14.7. The summed E-state index contributed by atoms with van der Waals surface area (Å²) in [4.78, 5) is 41.9. The van der Waals surface area contributed by atoms with E-state index in [1.807, 2.05) is 49.0 Å². The van der Waals surface area contributed by atoms with E-state index >= 15 is 0 Å². The number of carbonyl (C=O) groups excluding carboxylic acids is 1. The summed E-state index contributed by atoms with van der Waals surface area (Å²) in [5, 5.41) is 7.69. The van der Waals surface area contributed by atoms with Crippen LogP contribution in [0.3, 0.4) is 0 Å². The second kappa shape index (κ2) is 10.7. The van der Waals surface area contributed by atoms with Crippen LogP contribution in [0, 0.1) is 12.8 Å². The van der Waals surface area contributed by atoms with Gasteiger partial charge >= 0.3 is 0 Å². The van der Waals surface area contributed by atoms with Gasteiger partial charge in [-0.15, -0.1) is 22.7 Å². The molecule has 9 nitrogen and oxygen atoms in total. The summed E-state index contributed by atoms with van der Waals surface area (Å²) < 4.78 is 0. The molecule has 190 valence electrons. The molecule has 2 aliphatic rings. The molecule has 0 spiro atoms. The number of hydrogen-bond donors (Lipinski definition) is 1. The van der Waals surface area contributed by atoms with Crippen molar-refractivity contribution in [1.82, 2.24) is 24.9 Å². The van der Waals surface area contributed by atoms with Gasteiger partial charge in [0.2, 0.25) is 11.9 Å². The van der Waals surface area contributed by atoms with E-state index in [-0.39, 0.29) is 5.92 Å². The van der Waals surface area contributed by atoms with E-state index < -0.39 is 0 Å². The number of hydrogen-bond acceptors (Lipinski definition) is 12. The minimum Gasteiger partial charge on any atom is -0.345 e. The van der Waals surface area contributed by atoms with Crippen LogP contribution in [0.15, 0.2) is 52.1 Å². The summed E-state index contributed by atoms with van der Waals surface area (Å²) in [5.41, 5.74) is 1.05. The fourth-order valence-electron chi connectivity index (χ4n) is 4.10. The van der Waals surface area contributed by atoms with E-state index in [4.69, 9.17) is 9.97 Å². The number of aromatic nitrogens is 5. The number of thiazole rings is 2. The van der Waals surface area contributed by atoms with Crippen LogP contribution in [0.4, 0.5) is 22.2 Å². The first-order valence-electron chi connectivity index (χ1n) is 12.2. The second-order valence-corrected chi connectivity index (χ2v) is 12.2. The van der Waals surface area contributed by atoms with E-state index in [1.54, 1.807) is 22.7 Å². The molecular weight excluding hydrogens is 525 g/mol. The van der Waals surface area contributed by atoms with Crippen LogP contribution in [0.1, 0.15) is 23.3 Å². The number of rotatable bonds is 9. The van der Waals surface area contributed by atoms with E-state index in [2.05, 4.69) is 30.1 Å². The molecule has 0 unspecified atom stereocenters. The molecule has 1 N–H and O–H groups in total. The normalized spacial score (nSPS) is 15.7. The summed E-state index contributed by atoms with van der Waals surface area (Å²) in [7, 11) is 0. The predicted octanol–water partition coefficient (Wildman–Crippen LogP) is 4.84. The van der Waals surface area contributed by atoms with Gasteiger partial charge in [0.05, 0.1) is 0 Å². The number of aryl methyl sites for hydroxylation is 1. The zero-order valence-corrected chi connectivity index (χ0v) is 22.8. The van der Waals surface area contributed by atoms with Gasteiger partial charge in [0, 0.05) is 66.1 Å². The van der Waals surface area contributed by atoms with Crippen LogP contribution in [0.25, 0.3) is 0 Å².